The molecule has 4 nitrogen and oxygen atoms in total. The minimum absolute atomic E-state index is 0.0304. The van der Waals surface area contributed by atoms with E-state index in [-0.39, 0.29) is 12.1 Å². The van der Waals surface area contributed by atoms with Crippen LogP contribution in [-0.4, -0.2) is 39.6 Å². The number of methoxy groups -OCH3 is 1. The van der Waals surface area contributed by atoms with Crippen LogP contribution in [0.3, 0.4) is 0 Å². The molecule has 1 aromatic rings. The van der Waals surface area contributed by atoms with Crippen LogP contribution in [0.4, 0.5) is 0 Å². The molecule has 1 aliphatic rings. The highest BCUT2D eigenvalue weighted by Crippen LogP contribution is 2.28. The van der Waals surface area contributed by atoms with Crippen LogP contribution in [-0.2, 0) is 20.6 Å². The van der Waals surface area contributed by atoms with Crippen molar-refractivity contribution in [1.82, 2.24) is 0 Å². The van der Waals surface area contributed by atoms with E-state index in [1.807, 2.05) is 0 Å². The Labute approximate surface area is 127 Å². The molecule has 118 valence electrons. The number of hydrogen-bond acceptors (Lipinski definition) is 4. The second-order valence-corrected chi connectivity index (χ2v) is 5.48. The molecule has 2 unspecified atom stereocenters. The summed E-state index contributed by atoms with van der Waals surface area (Å²) < 4.78 is 16.5. The third-order valence-corrected chi connectivity index (χ3v) is 3.95. The first-order valence-electron chi connectivity index (χ1n) is 7.84. The van der Waals surface area contributed by atoms with Crippen LogP contribution in [0.2, 0.25) is 0 Å². The molecule has 1 aliphatic carbocycles. The van der Waals surface area contributed by atoms with Crippen LogP contribution in [0.5, 0.6) is 0 Å². The highest BCUT2D eigenvalue weighted by Gasteiger charge is 2.24. The van der Waals surface area contributed by atoms with Crippen LogP contribution in [0.15, 0.2) is 24.3 Å². The molecule has 1 aromatic carbocycles. The fourth-order valence-electron chi connectivity index (χ4n) is 2.81. The zero-order chi connectivity index (χ0) is 14.9. The third kappa shape index (κ3) is 5.08. The predicted molar refractivity (Wildman–Crippen MR) is 83.4 cm³/mol. The van der Waals surface area contributed by atoms with Gasteiger partial charge in [-0.1, -0.05) is 24.3 Å². The summed E-state index contributed by atoms with van der Waals surface area (Å²) in [4.78, 5) is 0. The van der Waals surface area contributed by atoms with Crippen LogP contribution in [0, 0.1) is 0 Å². The molecular formula is C17H27NO3. The Morgan fingerprint density at radius 1 is 1.14 bits per heavy atom. The molecule has 0 bridgehead atoms. The molecule has 0 heterocycles. The first kappa shape index (κ1) is 16.4. The van der Waals surface area contributed by atoms with E-state index in [4.69, 9.17) is 19.9 Å². The Bertz CT molecular complexity index is 411. The molecule has 0 saturated heterocycles. The van der Waals surface area contributed by atoms with Gasteiger partial charge in [-0.15, -0.1) is 0 Å². The maximum atomic E-state index is 6.39. The van der Waals surface area contributed by atoms with Crippen molar-refractivity contribution in [1.29, 1.82) is 0 Å². The second-order valence-electron chi connectivity index (χ2n) is 5.48. The molecule has 0 spiro atoms. The zero-order valence-electron chi connectivity index (χ0n) is 12.9. The lowest BCUT2D eigenvalue weighted by Crippen LogP contribution is -2.29. The van der Waals surface area contributed by atoms with E-state index in [9.17, 15) is 0 Å². The molecule has 2 N–H and O–H groups in total. The van der Waals surface area contributed by atoms with Gasteiger partial charge in [-0.25, -0.2) is 0 Å². The summed E-state index contributed by atoms with van der Waals surface area (Å²) in [5.74, 6) is 0. The van der Waals surface area contributed by atoms with Crippen molar-refractivity contribution in [2.24, 2.45) is 5.73 Å². The quantitative estimate of drug-likeness (QED) is 0.591. The van der Waals surface area contributed by atoms with Crippen molar-refractivity contribution in [3.63, 3.8) is 0 Å². The van der Waals surface area contributed by atoms with E-state index >= 15 is 0 Å². The average molecular weight is 293 g/mol. The van der Waals surface area contributed by atoms with Gasteiger partial charge in [0.1, 0.15) is 0 Å². The van der Waals surface area contributed by atoms with Crippen LogP contribution in [0.1, 0.15) is 36.4 Å². The monoisotopic (exact) mass is 293 g/mol. The summed E-state index contributed by atoms with van der Waals surface area (Å²) in [6, 6.07) is 8.41. The topological polar surface area (TPSA) is 53.7 Å². The highest BCUT2D eigenvalue weighted by atomic mass is 16.5. The lowest BCUT2D eigenvalue weighted by Gasteiger charge is -2.23. The molecule has 0 saturated carbocycles. The summed E-state index contributed by atoms with van der Waals surface area (Å²) in [6.07, 6.45) is 4.25. The molecule has 21 heavy (non-hydrogen) atoms. The molecule has 4 heteroatoms. The Kier molecular flexibility index (Phi) is 7.16. The normalized spacial score (nSPS) is 21.8. The van der Waals surface area contributed by atoms with Crippen molar-refractivity contribution in [2.75, 3.05) is 33.5 Å². The number of hydrogen-bond donors (Lipinski definition) is 1. The van der Waals surface area contributed by atoms with E-state index in [1.165, 1.54) is 11.1 Å². The largest absolute Gasteiger partial charge is 0.385 e. The first-order valence-corrected chi connectivity index (χ1v) is 7.84. The molecule has 0 aromatic heterocycles. The van der Waals surface area contributed by atoms with Gasteiger partial charge in [0, 0.05) is 20.3 Å². The van der Waals surface area contributed by atoms with Gasteiger partial charge in [-0.2, -0.15) is 0 Å². The number of ether oxygens (including phenoxy) is 3. The minimum Gasteiger partial charge on any atom is -0.385 e. The molecule has 2 atom stereocenters. The van der Waals surface area contributed by atoms with E-state index in [2.05, 4.69) is 24.3 Å². The maximum Gasteiger partial charge on any atom is 0.0769 e. The van der Waals surface area contributed by atoms with Gasteiger partial charge >= 0.3 is 0 Å². The summed E-state index contributed by atoms with van der Waals surface area (Å²) >= 11 is 0. The molecule has 2 rings (SSSR count). The molecule has 0 aliphatic heterocycles. The average Bonchev–Trinajstić information content (AvgIpc) is 2.67. The number of benzene rings is 1. The maximum absolute atomic E-state index is 6.39. The van der Waals surface area contributed by atoms with Gasteiger partial charge in [0.15, 0.2) is 0 Å². The Morgan fingerprint density at radius 2 is 2.00 bits per heavy atom. The van der Waals surface area contributed by atoms with Gasteiger partial charge in [-0.3, -0.25) is 0 Å². The van der Waals surface area contributed by atoms with Crippen molar-refractivity contribution in [3.8, 4) is 0 Å². The molecule has 0 amide bonds. The number of rotatable bonds is 8. The van der Waals surface area contributed by atoms with E-state index in [0.717, 1.165) is 38.9 Å². The Balaban J connectivity index is 1.74. The zero-order valence-corrected chi connectivity index (χ0v) is 12.9. The van der Waals surface area contributed by atoms with E-state index in [1.54, 1.807) is 7.11 Å². The van der Waals surface area contributed by atoms with Gasteiger partial charge in [0.25, 0.3) is 0 Å². The number of aryl methyl sites for hydroxylation is 1. The van der Waals surface area contributed by atoms with Gasteiger partial charge in [0.05, 0.1) is 25.4 Å². The summed E-state index contributed by atoms with van der Waals surface area (Å²) in [7, 11) is 1.70. The standard InChI is InChI=1S/C17H27NO3/c1-19-10-5-11-20-12-13-21-16-9-4-7-14-6-2-3-8-15(14)17(16)18/h2-3,6,8,16-17H,4-5,7,9-13,18H2,1H3. The molecular weight excluding hydrogens is 266 g/mol. The SMILES string of the molecule is COCCCOCCOC1CCCc2ccccc2C1N. The fourth-order valence-corrected chi connectivity index (χ4v) is 2.81. The second kappa shape index (κ2) is 9.15. The van der Waals surface area contributed by atoms with Crippen LogP contribution >= 0.6 is 0 Å². The summed E-state index contributed by atoms with van der Waals surface area (Å²) in [6.45, 7) is 2.68. The summed E-state index contributed by atoms with van der Waals surface area (Å²) in [5, 5.41) is 0. The minimum atomic E-state index is -0.0304. The fraction of sp³-hybridized carbons (Fsp3) is 0.647. The van der Waals surface area contributed by atoms with E-state index < -0.39 is 0 Å². The lowest BCUT2D eigenvalue weighted by atomic mass is 9.98. The van der Waals surface area contributed by atoms with E-state index in [0.29, 0.717) is 13.2 Å². The van der Waals surface area contributed by atoms with Gasteiger partial charge in [-0.05, 0) is 36.8 Å². The Morgan fingerprint density at radius 3 is 2.86 bits per heavy atom. The van der Waals surface area contributed by atoms with Crippen LogP contribution in [0.25, 0.3) is 0 Å². The Hall–Kier alpha value is -0.940. The highest BCUT2D eigenvalue weighted by molar-refractivity contribution is 5.31. The molecule has 0 fully saturated rings. The number of nitrogens with two attached hydrogens (primary N) is 1. The first-order chi connectivity index (χ1) is 10.3. The number of fused-ring (bicyclic) bond motifs is 1. The predicted octanol–water partition coefficient (Wildman–Crippen LogP) is 2.46. The molecule has 0 radical (unpaired) electrons. The van der Waals surface area contributed by atoms with Crippen molar-refractivity contribution in [3.05, 3.63) is 35.4 Å². The van der Waals surface area contributed by atoms with Crippen molar-refractivity contribution < 1.29 is 14.2 Å². The lowest BCUT2D eigenvalue weighted by molar-refractivity contribution is -0.0120. The third-order valence-electron chi connectivity index (χ3n) is 3.95. The van der Waals surface area contributed by atoms with Crippen LogP contribution < -0.4 is 5.73 Å². The smallest absolute Gasteiger partial charge is 0.0769 e. The summed E-state index contributed by atoms with van der Waals surface area (Å²) in [5.41, 5.74) is 8.99. The van der Waals surface area contributed by atoms with Crippen molar-refractivity contribution in [2.45, 2.75) is 37.8 Å². The van der Waals surface area contributed by atoms with Crippen molar-refractivity contribution >= 4 is 0 Å². The van der Waals surface area contributed by atoms with Gasteiger partial charge in [0.2, 0.25) is 0 Å². The van der Waals surface area contributed by atoms with Gasteiger partial charge < -0.3 is 19.9 Å².